The zero-order chi connectivity index (χ0) is 10.4. The second kappa shape index (κ2) is 5.57. The molecule has 4 heteroatoms. The lowest BCUT2D eigenvalue weighted by atomic mass is 10.3. The van der Waals surface area contributed by atoms with Gasteiger partial charge >= 0.3 is 0 Å². The zero-order valence-electron chi connectivity index (χ0n) is 7.82. The molecule has 0 aliphatic heterocycles. The maximum Gasteiger partial charge on any atom is 0.123 e. The molecule has 1 unspecified atom stereocenters. The number of nitrogens with two attached hydrogens (primary N) is 1. The summed E-state index contributed by atoms with van der Waals surface area (Å²) in [6, 6.07) is 5.75. The Kier molecular flexibility index (Phi) is 4.35. The molecule has 0 heterocycles. The van der Waals surface area contributed by atoms with Crippen LogP contribution in [0.3, 0.4) is 0 Å². The quantitative estimate of drug-likeness (QED) is 0.741. The lowest BCUT2D eigenvalue weighted by Gasteiger charge is -2.09. The van der Waals surface area contributed by atoms with Gasteiger partial charge in [-0.15, -0.1) is 0 Å². The Bertz CT molecular complexity index is 263. The largest absolute Gasteiger partial charge is 0.493 e. The molecule has 0 aromatic heterocycles. The van der Waals surface area contributed by atoms with E-state index in [-0.39, 0.29) is 12.4 Å². The van der Waals surface area contributed by atoms with Crippen LogP contribution in [0, 0.1) is 5.82 Å². The number of halogens is 1. The number of aliphatic hydroxyl groups is 1. The predicted octanol–water partition coefficient (Wildman–Crippen LogP) is 0.914. The molecule has 0 bridgehead atoms. The molecule has 0 radical (unpaired) electrons. The standard InChI is InChI=1S/C10H14FNO2/c11-8-1-3-10(4-2-8)14-6-5-9(13)7-12/h1-4,9,13H,5-7,12H2. The van der Waals surface area contributed by atoms with Gasteiger partial charge in [0.05, 0.1) is 12.7 Å². The fourth-order valence-corrected chi connectivity index (χ4v) is 0.961. The molecule has 0 aliphatic carbocycles. The lowest BCUT2D eigenvalue weighted by Crippen LogP contribution is -2.21. The summed E-state index contributed by atoms with van der Waals surface area (Å²) in [5.74, 6) is 0.301. The molecule has 1 aromatic carbocycles. The topological polar surface area (TPSA) is 55.5 Å². The average Bonchev–Trinajstić information content (AvgIpc) is 2.21. The molecular formula is C10H14FNO2. The normalized spacial score (nSPS) is 12.5. The van der Waals surface area contributed by atoms with E-state index in [9.17, 15) is 4.39 Å². The van der Waals surface area contributed by atoms with Crippen molar-refractivity contribution in [1.29, 1.82) is 0 Å². The molecule has 3 N–H and O–H groups in total. The third kappa shape index (κ3) is 3.72. The Labute approximate surface area is 82.3 Å². The van der Waals surface area contributed by atoms with Crippen molar-refractivity contribution < 1.29 is 14.2 Å². The Morgan fingerprint density at radius 2 is 2.00 bits per heavy atom. The smallest absolute Gasteiger partial charge is 0.123 e. The average molecular weight is 199 g/mol. The van der Waals surface area contributed by atoms with E-state index in [1.807, 2.05) is 0 Å². The number of benzene rings is 1. The van der Waals surface area contributed by atoms with E-state index >= 15 is 0 Å². The van der Waals surface area contributed by atoms with Gasteiger partial charge in [0.1, 0.15) is 11.6 Å². The Balaban J connectivity index is 2.28. The summed E-state index contributed by atoms with van der Waals surface area (Å²) in [7, 11) is 0. The van der Waals surface area contributed by atoms with E-state index in [0.29, 0.717) is 18.8 Å². The maximum absolute atomic E-state index is 12.5. The van der Waals surface area contributed by atoms with Gasteiger partial charge in [0.25, 0.3) is 0 Å². The minimum atomic E-state index is -0.532. The first kappa shape index (κ1) is 10.9. The van der Waals surface area contributed by atoms with Crippen molar-refractivity contribution in [1.82, 2.24) is 0 Å². The van der Waals surface area contributed by atoms with Gasteiger partial charge in [0.15, 0.2) is 0 Å². The van der Waals surface area contributed by atoms with Crippen LogP contribution in [0.2, 0.25) is 0 Å². The molecule has 1 aromatic rings. The third-order valence-electron chi connectivity index (χ3n) is 1.81. The van der Waals surface area contributed by atoms with Crippen LogP contribution in [-0.4, -0.2) is 24.4 Å². The van der Waals surface area contributed by atoms with Gasteiger partial charge in [-0.3, -0.25) is 0 Å². The fourth-order valence-electron chi connectivity index (χ4n) is 0.961. The van der Waals surface area contributed by atoms with Crippen LogP contribution >= 0.6 is 0 Å². The molecule has 0 aliphatic rings. The van der Waals surface area contributed by atoms with Crippen molar-refractivity contribution in [3.05, 3.63) is 30.1 Å². The van der Waals surface area contributed by atoms with Gasteiger partial charge in [0.2, 0.25) is 0 Å². The first-order valence-corrected chi connectivity index (χ1v) is 4.49. The van der Waals surface area contributed by atoms with E-state index < -0.39 is 6.10 Å². The molecule has 1 atom stereocenters. The summed E-state index contributed by atoms with van der Waals surface area (Å²) in [5, 5.41) is 9.12. The summed E-state index contributed by atoms with van der Waals surface area (Å²) >= 11 is 0. The molecule has 78 valence electrons. The molecular weight excluding hydrogens is 185 g/mol. The Hall–Kier alpha value is -1.13. The van der Waals surface area contributed by atoms with Crippen LogP contribution in [-0.2, 0) is 0 Å². The number of hydrogen-bond donors (Lipinski definition) is 2. The van der Waals surface area contributed by atoms with Crippen molar-refractivity contribution in [2.24, 2.45) is 5.73 Å². The highest BCUT2D eigenvalue weighted by Crippen LogP contribution is 2.11. The second-order valence-corrected chi connectivity index (χ2v) is 2.98. The SMILES string of the molecule is NCC(O)CCOc1ccc(F)cc1. The first-order chi connectivity index (χ1) is 6.72. The van der Waals surface area contributed by atoms with Crippen LogP contribution in [0.4, 0.5) is 4.39 Å². The van der Waals surface area contributed by atoms with E-state index in [0.717, 1.165) is 0 Å². The molecule has 0 saturated heterocycles. The van der Waals surface area contributed by atoms with Gasteiger partial charge in [-0.25, -0.2) is 4.39 Å². The number of ether oxygens (including phenoxy) is 1. The Morgan fingerprint density at radius 1 is 1.36 bits per heavy atom. The number of rotatable bonds is 5. The van der Waals surface area contributed by atoms with Crippen LogP contribution in [0.25, 0.3) is 0 Å². The molecule has 0 spiro atoms. The van der Waals surface area contributed by atoms with E-state index in [2.05, 4.69) is 0 Å². The van der Waals surface area contributed by atoms with Crippen molar-refractivity contribution in [3.8, 4) is 5.75 Å². The maximum atomic E-state index is 12.5. The van der Waals surface area contributed by atoms with Gasteiger partial charge in [-0.2, -0.15) is 0 Å². The zero-order valence-corrected chi connectivity index (χ0v) is 7.82. The van der Waals surface area contributed by atoms with Crippen LogP contribution in [0.5, 0.6) is 5.75 Å². The molecule has 0 fully saturated rings. The van der Waals surface area contributed by atoms with E-state index in [1.165, 1.54) is 12.1 Å². The lowest BCUT2D eigenvalue weighted by molar-refractivity contribution is 0.146. The van der Waals surface area contributed by atoms with Crippen molar-refractivity contribution in [2.75, 3.05) is 13.2 Å². The summed E-state index contributed by atoms with van der Waals surface area (Å²) < 4.78 is 17.7. The minimum absolute atomic E-state index is 0.229. The van der Waals surface area contributed by atoms with E-state index in [4.69, 9.17) is 15.6 Å². The van der Waals surface area contributed by atoms with Gasteiger partial charge in [-0.05, 0) is 24.3 Å². The molecule has 0 amide bonds. The van der Waals surface area contributed by atoms with Crippen LogP contribution in [0.1, 0.15) is 6.42 Å². The fraction of sp³-hybridized carbons (Fsp3) is 0.400. The monoisotopic (exact) mass is 199 g/mol. The molecule has 3 nitrogen and oxygen atoms in total. The van der Waals surface area contributed by atoms with Crippen LogP contribution in [0.15, 0.2) is 24.3 Å². The Morgan fingerprint density at radius 3 is 2.57 bits per heavy atom. The number of hydrogen-bond acceptors (Lipinski definition) is 3. The molecule has 14 heavy (non-hydrogen) atoms. The van der Waals surface area contributed by atoms with Crippen molar-refractivity contribution in [3.63, 3.8) is 0 Å². The molecule has 1 rings (SSSR count). The highest BCUT2D eigenvalue weighted by Gasteiger charge is 2.01. The van der Waals surface area contributed by atoms with Gasteiger partial charge in [-0.1, -0.05) is 0 Å². The highest BCUT2D eigenvalue weighted by molar-refractivity contribution is 5.21. The summed E-state index contributed by atoms with van der Waals surface area (Å²) in [6.45, 7) is 0.608. The molecule has 0 saturated carbocycles. The van der Waals surface area contributed by atoms with E-state index in [1.54, 1.807) is 12.1 Å². The van der Waals surface area contributed by atoms with Gasteiger partial charge in [0, 0.05) is 13.0 Å². The first-order valence-electron chi connectivity index (χ1n) is 4.49. The second-order valence-electron chi connectivity index (χ2n) is 2.98. The third-order valence-corrected chi connectivity index (χ3v) is 1.81. The van der Waals surface area contributed by atoms with Crippen LogP contribution < -0.4 is 10.5 Å². The highest BCUT2D eigenvalue weighted by atomic mass is 19.1. The predicted molar refractivity (Wildman–Crippen MR) is 51.6 cm³/mol. The summed E-state index contributed by atoms with van der Waals surface area (Å²) in [5.41, 5.74) is 5.22. The number of aliphatic hydroxyl groups excluding tert-OH is 1. The van der Waals surface area contributed by atoms with Crippen molar-refractivity contribution >= 4 is 0 Å². The minimum Gasteiger partial charge on any atom is -0.493 e. The summed E-state index contributed by atoms with van der Waals surface area (Å²) in [4.78, 5) is 0. The van der Waals surface area contributed by atoms with Crippen molar-refractivity contribution in [2.45, 2.75) is 12.5 Å². The van der Waals surface area contributed by atoms with Gasteiger partial charge < -0.3 is 15.6 Å². The summed E-state index contributed by atoms with van der Waals surface area (Å²) in [6.07, 6.45) is -0.0520.